The van der Waals surface area contributed by atoms with Crippen molar-refractivity contribution in [3.05, 3.63) is 0 Å². The minimum absolute atomic E-state index is 0.252. The Kier molecular flexibility index (Phi) is 3.42. The van der Waals surface area contributed by atoms with E-state index in [2.05, 4.69) is 29.8 Å². The molecule has 1 aliphatic heterocycles. The Morgan fingerprint density at radius 3 is 2.46 bits per heavy atom. The number of ether oxygens (including phenoxy) is 2. The van der Waals surface area contributed by atoms with Gasteiger partial charge in [-0.05, 0) is 25.7 Å². The molecule has 0 saturated carbocycles. The van der Waals surface area contributed by atoms with Crippen LogP contribution in [0.2, 0.25) is 0 Å². The summed E-state index contributed by atoms with van der Waals surface area (Å²) in [6.07, 6.45) is 1.30. The predicted molar refractivity (Wildman–Crippen MR) is 57.1 cm³/mol. The highest BCUT2D eigenvalue weighted by Gasteiger charge is 2.35. The Balaban J connectivity index is 2.40. The third-order valence-electron chi connectivity index (χ3n) is 2.21. The fraction of sp³-hybridized carbons (Fsp3) is 1.00. The first-order valence-corrected chi connectivity index (χ1v) is 5.84. The van der Waals surface area contributed by atoms with Gasteiger partial charge < -0.3 is 9.47 Å². The van der Waals surface area contributed by atoms with Crippen LogP contribution < -0.4 is 0 Å². The number of hydrogen-bond donors (Lipinski definition) is 0. The molecule has 0 aliphatic carbocycles. The van der Waals surface area contributed by atoms with Crippen molar-refractivity contribution in [1.82, 2.24) is 0 Å². The average Bonchev–Trinajstić information content (AvgIpc) is 2.29. The Bertz CT molecular complexity index is 178. The van der Waals surface area contributed by atoms with Crippen LogP contribution in [0.1, 0.15) is 34.1 Å². The first-order valence-electron chi connectivity index (χ1n) is 4.72. The van der Waals surface area contributed by atoms with Crippen molar-refractivity contribution in [2.24, 2.45) is 5.41 Å². The maximum absolute atomic E-state index is 5.74. The van der Waals surface area contributed by atoms with Crippen LogP contribution in [0.15, 0.2) is 0 Å². The lowest BCUT2D eigenvalue weighted by atomic mass is 9.89. The summed E-state index contributed by atoms with van der Waals surface area (Å²) in [6.45, 7) is 9.12. The first-order chi connectivity index (χ1) is 5.85. The molecule has 0 spiro atoms. The minimum atomic E-state index is -0.382. The largest absolute Gasteiger partial charge is 0.348 e. The van der Waals surface area contributed by atoms with Crippen LogP contribution in [0.25, 0.3) is 0 Å². The number of alkyl halides is 1. The van der Waals surface area contributed by atoms with Gasteiger partial charge in [0.25, 0.3) is 0 Å². The van der Waals surface area contributed by atoms with Gasteiger partial charge in [0.05, 0.1) is 12.7 Å². The van der Waals surface area contributed by atoms with E-state index < -0.39 is 0 Å². The highest BCUT2D eigenvalue weighted by Crippen LogP contribution is 2.32. The highest BCUT2D eigenvalue weighted by molar-refractivity contribution is 9.09. The zero-order chi connectivity index (χ0) is 10.1. The van der Waals surface area contributed by atoms with Gasteiger partial charge in [-0.15, -0.1) is 0 Å². The molecule has 78 valence electrons. The molecule has 1 rings (SSSR count). The predicted octanol–water partition coefficient (Wildman–Crippen LogP) is 2.95. The maximum Gasteiger partial charge on any atom is 0.163 e. The molecule has 0 N–H and O–H groups in total. The fourth-order valence-corrected chi connectivity index (χ4v) is 1.76. The molecular formula is C10H19BrO2. The number of rotatable bonds is 3. The molecule has 0 aromatic rings. The first kappa shape index (κ1) is 11.5. The molecule has 1 aliphatic rings. The van der Waals surface area contributed by atoms with E-state index in [4.69, 9.17) is 9.47 Å². The van der Waals surface area contributed by atoms with Gasteiger partial charge in [-0.1, -0.05) is 29.8 Å². The van der Waals surface area contributed by atoms with Crippen LogP contribution in [0.5, 0.6) is 0 Å². The molecule has 2 nitrogen and oxygen atoms in total. The van der Waals surface area contributed by atoms with E-state index in [1.54, 1.807) is 0 Å². The summed E-state index contributed by atoms with van der Waals surface area (Å²) in [7, 11) is 0. The van der Waals surface area contributed by atoms with E-state index in [1.165, 1.54) is 0 Å². The van der Waals surface area contributed by atoms with Gasteiger partial charge in [0.15, 0.2) is 5.79 Å². The van der Waals surface area contributed by atoms with Gasteiger partial charge in [-0.3, -0.25) is 0 Å². The summed E-state index contributed by atoms with van der Waals surface area (Å²) >= 11 is 3.51. The average molecular weight is 251 g/mol. The normalized spacial score (nSPS) is 27.9. The SMILES string of the molecule is CC(C)(CBr)CC1COC(C)(C)O1. The molecule has 1 fully saturated rings. The number of hydrogen-bond acceptors (Lipinski definition) is 2. The minimum Gasteiger partial charge on any atom is -0.348 e. The maximum atomic E-state index is 5.74. The summed E-state index contributed by atoms with van der Waals surface area (Å²) < 4.78 is 11.2. The Hall–Kier alpha value is 0.400. The van der Waals surface area contributed by atoms with Crippen LogP contribution in [0.3, 0.4) is 0 Å². The quantitative estimate of drug-likeness (QED) is 0.718. The van der Waals surface area contributed by atoms with Gasteiger partial charge >= 0.3 is 0 Å². The molecule has 1 atom stereocenters. The van der Waals surface area contributed by atoms with Crippen molar-refractivity contribution in [2.45, 2.75) is 46.0 Å². The molecule has 1 unspecified atom stereocenters. The molecular weight excluding hydrogens is 232 g/mol. The van der Waals surface area contributed by atoms with Gasteiger partial charge in [0.1, 0.15) is 0 Å². The van der Waals surface area contributed by atoms with E-state index in [0.717, 1.165) is 18.4 Å². The van der Waals surface area contributed by atoms with E-state index >= 15 is 0 Å². The summed E-state index contributed by atoms with van der Waals surface area (Å²) in [5, 5.41) is 1.00. The topological polar surface area (TPSA) is 18.5 Å². The zero-order valence-corrected chi connectivity index (χ0v) is 10.5. The second kappa shape index (κ2) is 3.87. The van der Waals surface area contributed by atoms with Crippen LogP contribution in [-0.2, 0) is 9.47 Å². The van der Waals surface area contributed by atoms with Crippen molar-refractivity contribution in [1.29, 1.82) is 0 Å². The summed E-state index contributed by atoms with van der Waals surface area (Å²) in [5.41, 5.74) is 0.286. The lowest BCUT2D eigenvalue weighted by molar-refractivity contribution is -0.141. The lowest BCUT2D eigenvalue weighted by Gasteiger charge is -2.25. The fourth-order valence-electron chi connectivity index (χ4n) is 1.53. The van der Waals surface area contributed by atoms with Gasteiger partial charge in [0.2, 0.25) is 0 Å². The van der Waals surface area contributed by atoms with Crippen molar-refractivity contribution in [3.8, 4) is 0 Å². The second-order valence-corrected chi connectivity index (χ2v) is 5.51. The molecule has 1 saturated heterocycles. The van der Waals surface area contributed by atoms with Crippen molar-refractivity contribution < 1.29 is 9.47 Å². The zero-order valence-electron chi connectivity index (χ0n) is 8.89. The standard InChI is InChI=1S/C10H19BrO2/c1-9(2,7-11)5-8-6-12-10(3,4)13-8/h8H,5-7H2,1-4H3. The van der Waals surface area contributed by atoms with Crippen molar-refractivity contribution in [3.63, 3.8) is 0 Å². The third-order valence-corrected chi connectivity index (χ3v) is 3.73. The summed E-state index contributed by atoms with van der Waals surface area (Å²) in [4.78, 5) is 0. The molecule has 0 bridgehead atoms. The number of halogens is 1. The second-order valence-electron chi connectivity index (χ2n) is 4.95. The lowest BCUT2D eigenvalue weighted by Crippen LogP contribution is -2.26. The van der Waals surface area contributed by atoms with Crippen LogP contribution in [-0.4, -0.2) is 23.8 Å². The molecule has 3 heteroatoms. The molecule has 13 heavy (non-hydrogen) atoms. The van der Waals surface area contributed by atoms with Crippen LogP contribution >= 0.6 is 15.9 Å². The Labute approximate surface area is 89.1 Å². The van der Waals surface area contributed by atoms with Crippen molar-refractivity contribution >= 4 is 15.9 Å². The smallest absolute Gasteiger partial charge is 0.163 e. The van der Waals surface area contributed by atoms with Gasteiger partial charge in [-0.25, -0.2) is 0 Å². The van der Waals surface area contributed by atoms with E-state index in [0.29, 0.717) is 0 Å². The molecule has 0 amide bonds. The molecule has 0 aromatic carbocycles. The molecule has 0 radical (unpaired) electrons. The van der Waals surface area contributed by atoms with Gasteiger partial charge in [-0.2, -0.15) is 0 Å². The van der Waals surface area contributed by atoms with Crippen LogP contribution in [0, 0.1) is 5.41 Å². The molecule has 0 aromatic heterocycles. The van der Waals surface area contributed by atoms with E-state index in [-0.39, 0.29) is 17.3 Å². The third kappa shape index (κ3) is 3.56. The van der Waals surface area contributed by atoms with E-state index in [9.17, 15) is 0 Å². The Morgan fingerprint density at radius 2 is 2.08 bits per heavy atom. The molecule has 1 heterocycles. The monoisotopic (exact) mass is 250 g/mol. The van der Waals surface area contributed by atoms with Crippen LogP contribution in [0.4, 0.5) is 0 Å². The van der Waals surface area contributed by atoms with Gasteiger partial charge in [0, 0.05) is 5.33 Å². The summed E-state index contributed by atoms with van der Waals surface area (Å²) in [6, 6.07) is 0. The van der Waals surface area contributed by atoms with E-state index in [1.807, 2.05) is 13.8 Å². The summed E-state index contributed by atoms with van der Waals surface area (Å²) in [5.74, 6) is -0.382. The highest BCUT2D eigenvalue weighted by atomic mass is 79.9. The Morgan fingerprint density at radius 1 is 1.46 bits per heavy atom. The van der Waals surface area contributed by atoms with Crippen molar-refractivity contribution in [2.75, 3.05) is 11.9 Å².